The van der Waals surface area contributed by atoms with E-state index in [0.29, 0.717) is 5.70 Å². The zero-order chi connectivity index (χ0) is 12.3. The van der Waals surface area contributed by atoms with Gasteiger partial charge in [0.1, 0.15) is 5.82 Å². The van der Waals surface area contributed by atoms with Crippen molar-refractivity contribution in [2.45, 2.75) is 39.5 Å². The van der Waals surface area contributed by atoms with Crippen LogP contribution >= 0.6 is 0 Å². The predicted molar refractivity (Wildman–Crippen MR) is 67.6 cm³/mol. The SMILES string of the molecule is C/C=C(\N)c1ccc(F)cc1C(C)(C)CC. The van der Waals surface area contributed by atoms with E-state index in [1.54, 1.807) is 12.1 Å². The Morgan fingerprint density at radius 3 is 2.56 bits per heavy atom. The van der Waals surface area contributed by atoms with Gasteiger partial charge in [-0.2, -0.15) is 0 Å². The molecule has 0 amide bonds. The lowest BCUT2D eigenvalue weighted by Gasteiger charge is -2.26. The first-order chi connectivity index (χ1) is 7.42. The van der Waals surface area contributed by atoms with E-state index in [2.05, 4.69) is 20.8 Å². The second-order valence-electron chi connectivity index (χ2n) is 4.67. The van der Waals surface area contributed by atoms with Crippen LogP contribution in [0.4, 0.5) is 4.39 Å². The summed E-state index contributed by atoms with van der Waals surface area (Å²) in [5.74, 6) is -0.204. The van der Waals surface area contributed by atoms with Crippen molar-refractivity contribution in [1.29, 1.82) is 0 Å². The first-order valence-electron chi connectivity index (χ1n) is 5.64. The third-order valence-electron chi connectivity index (χ3n) is 3.22. The highest BCUT2D eigenvalue weighted by Crippen LogP contribution is 2.32. The monoisotopic (exact) mass is 221 g/mol. The van der Waals surface area contributed by atoms with Crippen molar-refractivity contribution in [3.05, 3.63) is 41.2 Å². The van der Waals surface area contributed by atoms with Gasteiger partial charge in [-0.1, -0.05) is 26.8 Å². The minimum Gasteiger partial charge on any atom is -0.399 e. The number of hydrogen-bond donors (Lipinski definition) is 1. The van der Waals surface area contributed by atoms with Gasteiger partial charge in [0.25, 0.3) is 0 Å². The molecule has 1 aromatic carbocycles. The van der Waals surface area contributed by atoms with Crippen molar-refractivity contribution >= 4 is 5.70 Å². The second-order valence-corrected chi connectivity index (χ2v) is 4.67. The minimum atomic E-state index is -0.204. The lowest BCUT2D eigenvalue weighted by molar-refractivity contribution is 0.499. The third kappa shape index (κ3) is 2.43. The van der Waals surface area contributed by atoms with Crippen molar-refractivity contribution in [2.75, 3.05) is 0 Å². The number of nitrogens with two attached hydrogens (primary N) is 1. The molecular weight excluding hydrogens is 201 g/mol. The van der Waals surface area contributed by atoms with Gasteiger partial charge >= 0.3 is 0 Å². The van der Waals surface area contributed by atoms with E-state index in [-0.39, 0.29) is 11.2 Å². The van der Waals surface area contributed by atoms with E-state index in [4.69, 9.17) is 5.73 Å². The quantitative estimate of drug-likeness (QED) is 0.824. The molecule has 0 radical (unpaired) electrons. The van der Waals surface area contributed by atoms with Crippen molar-refractivity contribution < 1.29 is 4.39 Å². The van der Waals surface area contributed by atoms with Crippen molar-refractivity contribution in [2.24, 2.45) is 5.73 Å². The Labute approximate surface area is 97.2 Å². The van der Waals surface area contributed by atoms with Crippen LogP contribution in [0.15, 0.2) is 24.3 Å². The van der Waals surface area contributed by atoms with Crippen LogP contribution in [0.25, 0.3) is 5.70 Å². The van der Waals surface area contributed by atoms with Crippen molar-refractivity contribution in [3.63, 3.8) is 0 Å². The maximum Gasteiger partial charge on any atom is 0.123 e. The average molecular weight is 221 g/mol. The topological polar surface area (TPSA) is 26.0 Å². The van der Waals surface area contributed by atoms with E-state index in [1.807, 2.05) is 13.0 Å². The molecule has 0 fully saturated rings. The number of halogens is 1. The van der Waals surface area contributed by atoms with Gasteiger partial charge in [0.15, 0.2) is 0 Å². The zero-order valence-electron chi connectivity index (χ0n) is 10.5. The fourth-order valence-corrected chi connectivity index (χ4v) is 1.67. The summed E-state index contributed by atoms with van der Waals surface area (Å²) in [6.45, 7) is 8.20. The van der Waals surface area contributed by atoms with Crippen LogP contribution in [-0.4, -0.2) is 0 Å². The molecule has 0 aliphatic rings. The summed E-state index contributed by atoms with van der Waals surface area (Å²) in [6, 6.07) is 4.81. The molecule has 0 atom stereocenters. The Kier molecular flexibility index (Phi) is 3.74. The summed E-state index contributed by atoms with van der Waals surface area (Å²) in [7, 11) is 0. The Morgan fingerprint density at radius 1 is 1.44 bits per heavy atom. The molecule has 0 aliphatic carbocycles. The predicted octanol–water partition coefficient (Wildman–Crippen LogP) is 3.83. The first kappa shape index (κ1) is 12.8. The summed E-state index contributed by atoms with van der Waals surface area (Å²) < 4.78 is 13.3. The number of allylic oxidation sites excluding steroid dienone is 1. The smallest absolute Gasteiger partial charge is 0.123 e. The number of hydrogen-bond acceptors (Lipinski definition) is 1. The summed E-state index contributed by atoms with van der Waals surface area (Å²) >= 11 is 0. The molecule has 0 saturated heterocycles. The Morgan fingerprint density at radius 2 is 2.06 bits per heavy atom. The van der Waals surface area contributed by atoms with E-state index < -0.39 is 0 Å². The van der Waals surface area contributed by atoms with Gasteiger partial charge in [0.2, 0.25) is 0 Å². The van der Waals surface area contributed by atoms with Gasteiger partial charge in [-0.15, -0.1) is 0 Å². The largest absolute Gasteiger partial charge is 0.399 e. The molecule has 0 aliphatic heterocycles. The molecule has 0 saturated carbocycles. The zero-order valence-corrected chi connectivity index (χ0v) is 10.5. The molecule has 0 bridgehead atoms. The molecule has 16 heavy (non-hydrogen) atoms. The molecule has 0 spiro atoms. The standard InChI is InChI=1S/C14H20FN/c1-5-13(16)11-8-7-10(15)9-12(11)14(3,4)6-2/h5,7-9H,6,16H2,1-4H3/b13-5-. The summed E-state index contributed by atoms with van der Waals surface area (Å²) in [4.78, 5) is 0. The third-order valence-corrected chi connectivity index (χ3v) is 3.22. The van der Waals surface area contributed by atoms with Crippen LogP contribution in [0, 0.1) is 5.82 Å². The molecule has 0 unspecified atom stereocenters. The molecular formula is C14H20FN. The van der Waals surface area contributed by atoms with E-state index >= 15 is 0 Å². The molecule has 1 nitrogen and oxygen atoms in total. The Bertz CT molecular complexity index is 405. The Hall–Kier alpha value is -1.31. The average Bonchev–Trinajstić information content (AvgIpc) is 2.28. The fraction of sp³-hybridized carbons (Fsp3) is 0.429. The van der Waals surface area contributed by atoms with Crippen LogP contribution in [0.2, 0.25) is 0 Å². The molecule has 1 rings (SSSR count). The van der Waals surface area contributed by atoms with Gasteiger partial charge in [0.05, 0.1) is 0 Å². The molecule has 2 N–H and O–H groups in total. The van der Waals surface area contributed by atoms with Crippen LogP contribution in [0.5, 0.6) is 0 Å². The van der Waals surface area contributed by atoms with Crippen LogP contribution < -0.4 is 5.73 Å². The molecule has 0 aromatic heterocycles. The molecule has 88 valence electrons. The lowest BCUT2D eigenvalue weighted by Crippen LogP contribution is -2.19. The maximum absolute atomic E-state index is 13.3. The molecule has 2 heteroatoms. The second kappa shape index (κ2) is 4.69. The number of benzene rings is 1. The van der Waals surface area contributed by atoms with Gasteiger partial charge in [0, 0.05) is 11.3 Å². The van der Waals surface area contributed by atoms with Crippen molar-refractivity contribution in [3.8, 4) is 0 Å². The van der Waals surface area contributed by atoms with Gasteiger partial charge in [-0.3, -0.25) is 0 Å². The maximum atomic E-state index is 13.3. The summed E-state index contributed by atoms with van der Waals surface area (Å²) in [5.41, 5.74) is 8.49. The minimum absolute atomic E-state index is 0.0644. The fourth-order valence-electron chi connectivity index (χ4n) is 1.67. The van der Waals surface area contributed by atoms with E-state index in [1.165, 1.54) is 6.07 Å². The van der Waals surface area contributed by atoms with Gasteiger partial charge in [-0.05, 0) is 42.5 Å². The highest BCUT2D eigenvalue weighted by molar-refractivity contribution is 5.66. The van der Waals surface area contributed by atoms with Gasteiger partial charge in [-0.25, -0.2) is 4.39 Å². The van der Waals surface area contributed by atoms with E-state index in [0.717, 1.165) is 17.5 Å². The first-order valence-corrected chi connectivity index (χ1v) is 5.64. The van der Waals surface area contributed by atoms with Gasteiger partial charge < -0.3 is 5.73 Å². The van der Waals surface area contributed by atoms with Crippen molar-refractivity contribution in [1.82, 2.24) is 0 Å². The van der Waals surface area contributed by atoms with Crippen LogP contribution in [0.3, 0.4) is 0 Å². The highest BCUT2D eigenvalue weighted by Gasteiger charge is 2.22. The molecule has 0 heterocycles. The Balaban J connectivity index is 3.40. The highest BCUT2D eigenvalue weighted by atomic mass is 19.1. The van der Waals surface area contributed by atoms with Crippen LogP contribution in [0.1, 0.15) is 45.2 Å². The normalized spacial score (nSPS) is 12.9. The molecule has 1 aromatic rings. The van der Waals surface area contributed by atoms with E-state index in [9.17, 15) is 4.39 Å². The summed E-state index contributed by atoms with van der Waals surface area (Å²) in [6.07, 6.45) is 2.79. The number of rotatable bonds is 3. The summed E-state index contributed by atoms with van der Waals surface area (Å²) in [5, 5.41) is 0. The van der Waals surface area contributed by atoms with Crippen LogP contribution in [-0.2, 0) is 5.41 Å². The lowest BCUT2D eigenvalue weighted by atomic mass is 9.79.